The van der Waals surface area contributed by atoms with Crippen molar-refractivity contribution < 1.29 is 14.3 Å². The molecule has 0 aliphatic carbocycles. The third-order valence-corrected chi connectivity index (χ3v) is 3.99. The van der Waals surface area contributed by atoms with E-state index in [4.69, 9.17) is 10.5 Å². The highest BCUT2D eigenvalue weighted by Gasteiger charge is 2.18. The number of hydrogen-bond donors (Lipinski definition) is 3. The Balaban J connectivity index is 1.90. The number of carbonyl (C=O) groups is 2. The van der Waals surface area contributed by atoms with Crippen molar-refractivity contribution in [3.05, 3.63) is 29.8 Å². The minimum atomic E-state index is -0.550. The average Bonchev–Trinajstić information content (AvgIpc) is 2.55. The molecule has 0 radical (unpaired) electrons. The molecular weight excluding hydrogens is 294 g/mol. The van der Waals surface area contributed by atoms with Gasteiger partial charge < -0.3 is 21.1 Å². The largest absolute Gasteiger partial charge is 0.381 e. The summed E-state index contributed by atoms with van der Waals surface area (Å²) in [4.78, 5) is 24.1. The van der Waals surface area contributed by atoms with Gasteiger partial charge in [0, 0.05) is 30.5 Å². The lowest BCUT2D eigenvalue weighted by molar-refractivity contribution is -0.118. The summed E-state index contributed by atoms with van der Waals surface area (Å²) in [5.74, 6) is -0.257. The van der Waals surface area contributed by atoms with Crippen molar-refractivity contribution in [3.8, 4) is 0 Å². The first-order valence-corrected chi connectivity index (χ1v) is 8.02. The van der Waals surface area contributed by atoms with Gasteiger partial charge in [0.2, 0.25) is 5.91 Å². The van der Waals surface area contributed by atoms with E-state index in [0.29, 0.717) is 24.5 Å². The highest BCUT2D eigenvalue weighted by Crippen LogP contribution is 2.12. The van der Waals surface area contributed by atoms with E-state index >= 15 is 0 Å². The second-order valence-corrected chi connectivity index (χ2v) is 6.20. The van der Waals surface area contributed by atoms with Gasteiger partial charge in [0.1, 0.15) is 0 Å². The first-order chi connectivity index (χ1) is 11.0. The molecule has 1 fully saturated rings. The van der Waals surface area contributed by atoms with Gasteiger partial charge in [-0.2, -0.15) is 0 Å². The summed E-state index contributed by atoms with van der Waals surface area (Å²) in [5.41, 5.74) is 7.01. The molecule has 1 aliphatic heterocycles. The Labute approximate surface area is 136 Å². The fourth-order valence-corrected chi connectivity index (χ4v) is 2.34. The minimum Gasteiger partial charge on any atom is -0.381 e. The van der Waals surface area contributed by atoms with Gasteiger partial charge >= 0.3 is 0 Å². The van der Waals surface area contributed by atoms with E-state index in [0.717, 1.165) is 12.8 Å². The average molecular weight is 319 g/mol. The number of benzene rings is 1. The zero-order chi connectivity index (χ0) is 16.8. The lowest BCUT2D eigenvalue weighted by atomic mass is 10.0. The molecule has 1 atom stereocenters. The van der Waals surface area contributed by atoms with Crippen molar-refractivity contribution in [2.75, 3.05) is 18.5 Å². The van der Waals surface area contributed by atoms with Gasteiger partial charge in [-0.3, -0.25) is 9.59 Å². The van der Waals surface area contributed by atoms with E-state index in [9.17, 15) is 9.59 Å². The van der Waals surface area contributed by atoms with Gasteiger partial charge in [-0.05, 0) is 43.0 Å². The van der Waals surface area contributed by atoms with Crippen molar-refractivity contribution in [2.24, 2.45) is 11.7 Å². The number of carbonyl (C=O) groups excluding carboxylic acids is 2. The molecule has 1 aromatic carbocycles. The third-order valence-electron chi connectivity index (χ3n) is 3.99. The number of anilines is 1. The second kappa shape index (κ2) is 8.08. The minimum absolute atomic E-state index is 0.0690. The van der Waals surface area contributed by atoms with Crippen LogP contribution in [0.2, 0.25) is 0 Å². The molecule has 0 spiro atoms. The molecule has 2 amide bonds. The molecule has 1 heterocycles. The van der Waals surface area contributed by atoms with Gasteiger partial charge in [-0.15, -0.1) is 0 Å². The van der Waals surface area contributed by atoms with Gasteiger partial charge in [0.25, 0.3) is 5.91 Å². The van der Waals surface area contributed by atoms with Crippen LogP contribution in [0, 0.1) is 5.92 Å². The van der Waals surface area contributed by atoms with Crippen LogP contribution in [0.15, 0.2) is 24.3 Å². The Morgan fingerprint density at radius 3 is 2.35 bits per heavy atom. The summed E-state index contributed by atoms with van der Waals surface area (Å²) in [7, 11) is 0. The Kier molecular flexibility index (Phi) is 6.12. The van der Waals surface area contributed by atoms with Gasteiger partial charge in [0.15, 0.2) is 0 Å². The lowest BCUT2D eigenvalue weighted by Crippen LogP contribution is -2.39. The van der Waals surface area contributed by atoms with E-state index < -0.39 is 6.04 Å². The summed E-state index contributed by atoms with van der Waals surface area (Å²) in [6, 6.07) is 6.44. The third kappa shape index (κ3) is 5.04. The van der Waals surface area contributed by atoms with Gasteiger partial charge in [-0.1, -0.05) is 13.8 Å². The number of amides is 2. The molecule has 1 saturated heterocycles. The number of rotatable bonds is 5. The van der Waals surface area contributed by atoms with Crippen molar-refractivity contribution in [2.45, 2.75) is 38.8 Å². The molecule has 6 heteroatoms. The van der Waals surface area contributed by atoms with Gasteiger partial charge in [-0.25, -0.2) is 0 Å². The van der Waals surface area contributed by atoms with Crippen LogP contribution in [0.5, 0.6) is 0 Å². The molecule has 1 aliphatic rings. The summed E-state index contributed by atoms with van der Waals surface area (Å²) < 4.78 is 5.27. The molecule has 6 nitrogen and oxygen atoms in total. The predicted molar refractivity (Wildman–Crippen MR) is 89.2 cm³/mol. The second-order valence-electron chi connectivity index (χ2n) is 6.20. The van der Waals surface area contributed by atoms with Crippen molar-refractivity contribution in [1.29, 1.82) is 0 Å². The standard InChI is InChI=1S/C17H25N3O3/c1-11(2)15(18)17(22)20-13-5-3-12(4-6-13)16(21)19-14-7-9-23-10-8-14/h3-6,11,14-15H,7-10,18H2,1-2H3,(H,19,21)(H,20,22)/t15-/m0/s1. The number of nitrogens with two attached hydrogens (primary N) is 1. The monoisotopic (exact) mass is 319 g/mol. The van der Waals surface area contributed by atoms with Crippen LogP contribution < -0.4 is 16.4 Å². The molecule has 2 rings (SSSR count). The Hall–Kier alpha value is -1.92. The van der Waals surface area contributed by atoms with Crippen LogP contribution in [-0.2, 0) is 9.53 Å². The SMILES string of the molecule is CC(C)[C@H](N)C(=O)Nc1ccc(C(=O)NC2CCOCC2)cc1. The number of nitrogens with one attached hydrogen (secondary N) is 2. The molecule has 0 saturated carbocycles. The van der Waals surface area contributed by atoms with Crippen LogP contribution in [0.1, 0.15) is 37.0 Å². The quantitative estimate of drug-likeness (QED) is 0.767. The number of hydrogen-bond acceptors (Lipinski definition) is 4. The first-order valence-electron chi connectivity index (χ1n) is 8.02. The molecular formula is C17H25N3O3. The van der Waals surface area contributed by atoms with E-state index in [1.807, 2.05) is 13.8 Å². The topological polar surface area (TPSA) is 93.5 Å². The zero-order valence-corrected chi connectivity index (χ0v) is 13.7. The van der Waals surface area contributed by atoms with Crippen LogP contribution >= 0.6 is 0 Å². The van der Waals surface area contributed by atoms with E-state index in [2.05, 4.69) is 10.6 Å². The Morgan fingerprint density at radius 1 is 1.17 bits per heavy atom. The van der Waals surface area contributed by atoms with Crippen LogP contribution in [0.4, 0.5) is 5.69 Å². The molecule has 1 aromatic rings. The van der Waals surface area contributed by atoms with Crippen molar-refractivity contribution in [3.63, 3.8) is 0 Å². The number of ether oxygens (including phenoxy) is 1. The fourth-order valence-electron chi connectivity index (χ4n) is 2.34. The summed E-state index contributed by atoms with van der Waals surface area (Å²) in [6.07, 6.45) is 1.68. The summed E-state index contributed by atoms with van der Waals surface area (Å²) in [6.45, 7) is 5.17. The normalized spacial score (nSPS) is 16.9. The molecule has 0 bridgehead atoms. The fraction of sp³-hybridized carbons (Fsp3) is 0.529. The summed E-state index contributed by atoms with van der Waals surface area (Å²) in [5, 5.41) is 5.76. The predicted octanol–water partition coefficient (Wildman–Crippen LogP) is 1.52. The molecule has 0 aromatic heterocycles. The van der Waals surface area contributed by atoms with Crippen LogP contribution in [0.3, 0.4) is 0 Å². The molecule has 23 heavy (non-hydrogen) atoms. The van der Waals surface area contributed by atoms with E-state index in [-0.39, 0.29) is 23.8 Å². The lowest BCUT2D eigenvalue weighted by Gasteiger charge is -2.23. The Morgan fingerprint density at radius 2 is 1.78 bits per heavy atom. The first kappa shape index (κ1) is 17.4. The summed E-state index contributed by atoms with van der Waals surface area (Å²) >= 11 is 0. The van der Waals surface area contributed by atoms with Crippen LogP contribution in [0.25, 0.3) is 0 Å². The zero-order valence-electron chi connectivity index (χ0n) is 13.7. The smallest absolute Gasteiger partial charge is 0.251 e. The van der Waals surface area contributed by atoms with Crippen LogP contribution in [-0.4, -0.2) is 37.1 Å². The maximum absolute atomic E-state index is 12.2. The maximum Gasteiger partial charge on any atom is 0.251 e. The van der Waals surface area contributed by atoms with Crippen molar-refractivity contribution >= 4 is 17.5 Å². The molecule has 4 N–H and O–H groups in total. The highest BCUT2D eigenvalue weighted by molar-refractivity contribution is 5.97. The molecule has 0 unspecified atom stereocenters. The van der Waals surface area contributed by atoms with E-state index in [1.165, 1.54) is 0 Å². The van der Waals surface area contributed by atoms with E-state index in [1.54, 1.807) is 24.3 Å². The van der Waals surface area contributed by atoms with Gasteiger partial charge in [0.05, 0.1) is 6.04 Å². The Bertz CT molecular complexity index is 537. The van der Waals surface area contributed by atoms with Crippen molar-refractivity contribution in [1.82, 2.24) is 5.32 Å². The highest BCUT2D eigenvalue weighted by atomic mass is 16.5. The molecule has 126 valence electrons. The maximum atomic E-state index is 12.2.